The van der Waals surface area contributed by atoms with E-state index >= 15 is 4.39 Å². The lowest BCUT2D eigenvalue weighted by Crippen LogP contribution is -2.40. The highest BCUT2D eigenvalue weighted by molar-refractivity contribution is 6.06. The van der Waals surface area contributed by atoms with Crippen molar-refractivity contribution < 1.29 is 32.6 Å². The van der Waals surface area contributed by atoms with Gasteiger partial charge in [0.15, 0.2) is 17.3 Å². The topological polar surface area (TPSA) is 116 Å². The molecule has 13 heteroatoms. The fourth-order valence-corrected chi connectivity index (χ4v) is 5.88. The number of pyridine rings is 1. The smallest absolute Gasteiger partial charge is 0.271 e. The first-order chi connectivity index (χ1) is 24.8. The van der Waals surface area contributed by atoms with Crippen LogP contribution in [-0.2, 0) is 4.74 Å². The maximum atomic E-state index is 15.6. The van der Waals surface area contributed by atoms with Crippen molar-refractivity contribution in [1.29, 1.82) is 0 Å². The van der Waals surface area contributed by atoms with Crippen LogP contribution in [-0.4, -0.2) is 63.8 Å². The van der Waals surface area contributed by atoms with Gasteiger partial charge >= 0.3 is 0 Å². The molecule has 1 aliphatic heterocycles. The number of halogens is 2. The molecule has 3 aromatic heterocycles. The minimum atomic E-state index is -0.823. The Kier molecular flexibility index (Phi) is 9.27. The summed E-state index contributed by atoms with van der Waals surface area (Å²) in [6.07, 6.45) is 4.69. The van der Waals surface area contributed by atoms with Gasteiger partial charge in [-0.3, -0.25) is 19.0 Å². The number of fused-ring (bicyclic) bond motifs is 1. The molecule has 2 amide bonds. The number of rotatable bonds is 9. The van der Waals surface area contributed by atoms with Crippen LogP contribution in [0.25, 0.3) is 22.3 Å². The molecule has 0 radical (unpaired) electrons. The molecular formula is C38H31F2N5O6. The summed E-state index contributed by atoms with van der Waals surface area (Å²) in [7, 11) is 0. The van der Waals surface area contributed by atoms with E-state index in [0.717, 1.165) is 17.2 Å². The lowest BCUT2D eigenvalue weighted by Gasteiger charge is -2.27. The average Bonchev–Trinajstić information content (AvgIpc) is 3.59. The number of nitrogens with one attached hydrogen (secondary N) is 1. The van der Waals surface area contributed by atoms with Crippen molar-refractivity contribution in [2.75, 3.05) is 38.2 Å². The second-order valence-corrected chi connectivity index (χ2v) is 11.5. The molecule has 11 nitrogen and oxygen atoms in total. The summed E-state index contributed by atoms with van der Waals surface area (Å²) in [4.78, 5) is 41.8. The molecule has 3 aromatic carbocycles. The van der Waals surface area contributed by atoms with E-state index in [2.05, 4.69) is 10.4 Å². The van der Waals surface area contributed by atoms with Gasteiger partial charge < -0.3 is 24.4 Å². The van der Waals surface area contributed by atoms with Crippen molar-refractivity contribution in [1.82, 2.24) is 19.1 Å². The predicted octanol–water partition coefficient (Wildman–Crippen LogP) is 6.35. The molecular weight excluding hydrogens is 660 g/mol. The zero-order valence-corrected chi connectivity index (χ0v) is 27.3. The van der Waals surface area contributed by atoms with Crippen molar-refractivity contribution in [3.05, 3.63) is 137 Å². The Morgan fingerprint density at radius 3 is 2.47 bits per heavy atom. The lowest BCUT2D eigenvalue weighted by molar-refractivity contribution is 0.0303. The molecule has 6 aromatic rings. The van der Waals surface area contributed by atoms with Crippen LogP contribution in [0.4, 0.5) is 14.5 Å². The number of carbonyl (C=O) groups excluding carboxylic acids is 2. The van der Waals surface area contributed by atoms with Gasteiger partial charge in [0.05, 0.1) is 26.0 Å². The zero-order chi connectivity index (χ0) is 35.5. The highest BCUT2D eigenvalue weighted by Crippen LogP contribution is 2.36. The second kappa shape index (κ2) is 14.3. The van der Waals surface area contributed by atoms with Gasteiger partial charge in [0, 0.05) is 60.1 Å². The quantitative estimate of drug-likeness (QED) is 0.188. The summed E-state index contributed by atoms with van der Waals surface area (Å²) in [5, 5.41) is 6.94. The van der Waals surface area contributed by atoms with Gasteiger partial charge in [0.25, 0.3) is 17.4 Å². The van der Waals surface area contributed by atoms with Crippen LogP contribution in [0.1, 0.15) is 27.6 Å². The monoisotopic (exact) mass is 691 g/mol. The molecule has 7 rings (SSSR count). The first-order valence-electron chi connectivity index (χ1n) is 16.2. The fraction of sp³-hybridized carbons (Fsp3) is 0.158. The molecule has 0 bridgehead atoms. The maximum absolute atomic E-state index is 15.6. The molecule has 258 valence electrons. The number of hydrogen-bond donors (Lipinski definition) is 1. The Morgan fingerprint density at radius 1 is 0.902 bits per heavy atom. The summed E-state index contributed by atoms with van der Waals surface area (Å²) >= 11 is 0. The minimum Gasteiger partial charge on any atom is -0.493 e. The molecule has 0 spiro atoms. The third-order valence-electron chi connectivity index (χ3n) is 8.33. The summed E-state index contributed by atoms with van der Waals surface area (Å²) in [6, 6.07) is 21.3. The number of benzene rings is 3. The second-order valence-electron chi connectivity index (χ2n) is 11.5. The van der Waals surface area contributed by atoms with Crippen LogP contribution in [0.3, 0.4) is 0 Å². The first-order valence-corrected chi connectivity index (χ1v) is 16.2. The molecule has 0 aliphatic carbocycles. The largest absolute Gasteiger partial charge is 0.493 e. The minimum absolute atomic E-state index is 0.0412. The van der Waals surface area contributed by atoms with Crippen molar-refractivity contribution in [2.24, 2.45) is 0 Å². The molecule has 51 heavy (non-hydrogen) atoms. The first kappa shape index (κ1) is 33.2. The fourth-order valence-electron chi connectivity index (χ4n) is 5.88. The molecule has 0 unspecified atom stereocenters. The van der Waals surface area contributed by atoms with Crippen LogP contribution >= 0.6 is 0 Å². The van der Waals surface area contributed by atoms with E-state index in [4.69, 9.17) is 14.2 Å². The van der Waals surface area contributed by atoms with Crippen LogP contribution in [0.5, 0.6) is 17.2 Å². The van der Waals surface area contributed by atoms with Crippen molar-refractivity contribution in [2.45, 2.75) is 6.92 Å². The molecule has 0 atom stereocenters. The Balaban J connectivity index is 1.14. The lowest BCUT2D eigenvalue weighted by atomic mass is 10.0. The number of morpholine rings is 1. The highest BCUT2D eigenvalue weighted by atomic mass is 19.1. The number of hydrogen-bond acceptors (Lipinski definition) is 7. The van der Waals surface area contributed by atoms with Gasteiger partial charge in [0.1, 0.15) is 22.6 Å². The predicted molar refractivity (Wildman–Crippen MR) is 185 cm³/mol. The van der Waals surface area contributed by atoms with E-state index in [0.29, 0.717) is 48.8 Å². The average molecular weight is 692 g/mol. The summed E-state index contributed by atoms with van der Waals surface area (Å²) in [5.74, 6) is -1.95. The highest BCUT2D eigenvalue weighted by Gasteiger charge is 2.23. The maximum Gasteiger partial charge on any atom is 0.271 e. The van der Waals surface area contributed by atoms with E-state index in [1.807, 2.05) is 12.1 Å². The number of carbonyl (C=O) groups is 2. The van der Waals surface area contributed by atoms with E-state index in [-0.39, 0.29) is 35.3 Å². The van der Waals surface area contributed by atoms with Gasteiger partial charge in [-0.15, -0.1) is 0 Å². The standard InChI is InChI=1S/C38H31F2N5O6/c1-2-50-32-14-16-44(28-9-6-26(39)7-10-28)38(48)34(32)36(46)42-27-8-11-31(30(40)23-27)51-33-12-15-41-45-17-13-29(35(33)45)24-4-3-5-25(22-24)37(47)43-18-20-49-21-19-43/h3-17,22-23H,2,18-21H2,1H3,(H,42,46). The molecule has 1 fully saturated rings. The van der Waals surface area contributed by atoms with Crippen LogP contribution in [0.15, 0.2) is 108 Å². The number of aromatic nitrogens is 3. The van der Waals surface area contributed by atoms with E-state index in [1.165, 1.54) is 59.4 Å². The van der Waals surface area contributed by atoms with Crippen LogP contribution < -0.4 is 20.3 Å². The Bertz CT molecular complexity index is 2320. The number of amides is 2. The summed E-state index contributed by atoms with van der Waals surface area (Å²) < 4.78 is 48.9. The number of anilines is 1. The SMILES string of the molecule is CCOc1ccn(-c2ccc(F)cc2)c(=O)c1C(=O)Nc1ccc(Oc2ccnn3ccc(-c4cccc(C(=O)N5CCOCC5)c4)c23)c(F)c1. The Morgan fingerprint density at radius 2 is 1.71 bits per heavy atom. The molecule has 1 N–H and O–H groups in total. The van der Waals surface area contributed by atoms with E-state index < -0.39 is 23.1 Å². The Hall–Kier alpha value is -6.34. The normalized spacial score (nSPS) is 12.9. The summed E-state index contributed by atoms with van der Waals surface area (Å²) in [6.45, 7) is 3.92. The van der Waals surface area contributed by atoms with Gasteiger partial charge in [-0.2, -0.15) is 5.10 Å². The molecule has 0 saturated carbocycles. The van der Waals surface area contributed by atoms with Gasteiger partial charge in [-0.25, -0.2) is 13.3 Å². The third kappa shape index (κ3) is 6.79. The molecule has 4 heterocycles. The van der Waals surface area contributed by atoms with E-state index in [1.54, 1.807) is 46.8 Å². The van der Waals surface area contributed by atoms with Gasteiger partial charge in [-0.05, 0) is 73.2 Å². The third-order valence-corrected chi connectivity index (χ3v) is 8.33. The summed E-state index contributed by atoms with van der Waals surface area (Å²) in [5.41, 5.74) is 1.95. The Labute approximate surface area is 290 Å². The van der Waals surface area contributed by atoms with Crippen LogP contribution in [0.2, 0.25) is 0 Å². The number of nitrogens with zero attached hydrogens (tertiary/aromatic N) is 4. The zero-order valence-electron chi connectivity index (χ0n) is 27.3. The van der Waals surface area contributed by atoms with Gasteiger partial charge in [0.2, 0.25) is 0 Å². The number of ether oxygens (including phenoxy) is 3. The van der Waals surface area contributed by atoms with E-state index in [9.17, 15) is 18.8 Å². The van der Waals surface area contributed by atoms with Gasteiger partial charge in [-0.1, -0.05) is 12.1 Å². The molecule has 1 aliphatic rings. The van der Waals surface area contributed by atoms with Crippen LogP contribution in [0, 0.1) is 11.6 Å². The van der Waals surface area contributed by atoms with Crippen molar-refractivity contribution >= 4 is 23.0 Å². The van der Waals surface area contributed by atoms with Crippen molar-refractivity contribution in [3.63, 3.8) is 0 Å². The van der Waals surface area contributed by atoms with Crippen molar-refractivity contribution in [3.8, 4) is 34.1 Å². The molecule has 1 saturated heterocycles.